The third-order valence-electron chi connectivity index (χ3n) is 2.88. The minimum Gasteiger partial charge on any atom is -0.394 e. The van der Waals surface area contributed by atoms with E-state index in [1.54, 1.807) is 0 Å². The Labute approximate surface area is 77.8 Å². The molecule has 0 bridgehead atoms. The van der Waals surface area contributed by atoms with Crippen LogP contribution < -0.4 is 0 Å². The van der Waals surface area contributed by atoms with E-state index >= 15 is 0 Å². The van der Waals surface area contributed by atoms with Crippen LogP contribution in [-0.4, -0.2) is 44.8 Å². The van der Waals surface area contributed by atoms with E-state index < -0.39 is 24.4 Å². The van der Waals surface area contributed by atoms with Crippen LogP contribution >= 0.6 is 0 Å². The second-order valence-electron chi connectivity index (χ2n) is 3.80. The molecule has 0 aliphatic heterocycles. The summed E-state index contributed by atoms with van der Waals surface area (Å²) >= 11 is 0. The van der Waals surface area contributed by atoms with Gasteiger partial charge in [0.25, 0.3) is 0 Å². The van der Waals surface area contributed by atoms with Crippen LogP contribution in [0.25, 0.3) is 0 Å². The van der Waals surface area contributed by atoms with Crippen molar-refractivity contribution in [3.63, 3.8) is 0 Å². The van der Waals surface area contributed by atoms with Gasteiger partial charge >= 0.3 is 0 Å². The lowest BCUT2D eigenvalue weighted by atomic mass is 9.86. The Kier molecular flexibility index (Phi) is 3.67. The monoisotopic (exact) mass is 190 g/mol. The van der Waals surface area contributed by atoms with Crippen molar-refractivity contribution in [3.05, 3.63) is 0 Å². The molecule has 78 valence electrons. The summed E-state index contributed by atoms with van der Waals surface area (Å²) in [4.78, 5) is 0. The van der Waals surface area contributed by atoms with E-state index in [-0.39, 0.29) is 0 Å². The molecule has 1 saturated carbocycles. The number of hydrogen-bond acceptors (Lipinski definition) is 4. The fourth-order valence-electron chi connectivity index (χ4n) is 1.89. The smallest absolute Gasteiger partial charge is 0.118 e. The first-order valence-electron chi connectivity index (χ1n) is 4.80. The predicted octanol–water partition coefficient (Wildman–Crippen LogP) is -0.604. The first kappa shape index (κ1) is 10.9. The molecule has 4 nitrogen and oxygen atoms in total. The molecule has 13 heavy (non-hydrogen) atoms. The Morgan fingerprint density at radius 2 is 2.00 bits per heavy atom. The molecule has 0 saturated heterocycles. The minimum absolute atomic E-state index is 0.357. The van der Waals surface area contributed by atoms with E-state index in [4.69, 9.17) is 5.11 Å². The lowest BCUT2D eigenvalue weighted by molar-refractivity contribution is -0.159. The zero-order valence-corrected chi connectivity index (χ0v) is 7.69. The average Bonchev–Trinajstić information content (AvgIpc) is 2.29. The molecule has 1 aliphatic carbocycles. The minimum atomic E-state index is -1.51. The molecule has 0 aromatic rings. The second-order valence-corrected chi connectivity index (χ2v) is 3.80. The largest absolute Gasteiger partial charge is 0.394 e. The van der Waals surface area contributed by atoms with Gasteiger partial charge in [0.05, 0.1) is 12.7 Å². The van der Waals surface area contributed by atoms with Crippen LogP contribution in [0.5, 0.6) is 0 Å². The molecule has 0 spiro atoms. The van der Waals surface area contributed by atoms with E-state index in [1.165, 1.54) is 0 Å². The molecule has 1 rings (SSSR count). The number of hydrogen-bond donors (Lipinski definition) is 4. The highest BCUT2D eigenvalue weighted by Crippen LogP contribution is 2.30. The van der Waals surface area contributed by atoms with Gasteiger partial charge in [0.15, 0.2) is 0 Å². The summed E-state index contributed by atoms with van der Waals surface area (Å²) in [6, 6.07) is 0. The Balaban J connectivity index is 2.70. The molecule has 4 N–H and O–H groups in total. The van der Waals surface area contributed by atoms with Gasteiger partial charge in [0, 0.05) is 0 Å². The van der Waals surface area contributed by atoms with E-state index in [1.807, 2.05) is 0 Å². The highest BCUT2D eigenvalue weighted by atomic mass is 16.4. The van der Waals surface area contributed by atoms with E-state index in [9.17, 15) is 15.3 Å². The maximum Gasteiger partial charge on any atom is 0.118 e. The predicted molar refractivity (Wildman–Crippen MR) is 47.1 cm³/mol. The van der Waals surface area contributed by atoms with Gasteiger partial charge in [-0.15, -0.1) is 0 Å². The van der Waals surface area contributed by atoms with E-state index in [0.29, 0.717) is 12.8 Å². The summed E-state index contributed by atoms with van der Waals surface area (Å²) in [5.41, 5.74) is -1.51. The molecule has 4 heteroatoms. The van der Waals surface area contributed by atoms with Crippen LogP contribution in [0.2, 0.25) is 0 Å². The summed E-state index contributed by atoms with van der Waals surface area (Å²) in [5.74, 6) is 0. The lowest BCUT2D eigenvalue weighted by Crippen LogP contribution is -2.53. The third-order valence-corrected chi connectivity index (χ3v) is 2.88. The van der Waals surface area contributed by atoms with Crippen molar-refractivity contribution in [3.8, 4) is 0 Å². The van der Waals surface area contributed by atoms with Gasteiger partial charge in [-0.25, -0.2) is 0 Å². The van der Waals surface area contributed by atoms with Gasteiger partial charge in [-0.1, -0.05) is 19.3 Å². The normalized spacial score (nSPS) is 38.3. The molecule has 0 amide bonds. The quantitative estimate of drug-likeness (QED) is 0.438. The molecular formula is C9H18O4. The molecule has 0 radical (unpaired) electrons. The average molecular weight is 190 g/mol. The van der Waals surface area contributed by atoms with Crippen LogP contribution in [0.4, 0.5) is 0 Å². The van der Waals surface area contributed by atoms with Gasteiger partial charge in [-0.2, -0.15) is 0 Å². The zero-order valence-electron chi connectivity index (χ0n) is 7.69. The standard InChI is InChI=1S/C9H18O4/c10-6-8(12)9(13)5-3-1-2-4-7(9)11/h7-8,10-13H,1-6H2/t7?,8-,9+/m1/s1. The van der Waals surface area contributed by atoms with Gasteiger partial charge in [-0.05, 0) is 12.8 Å². The summed E-state index contributed by atoms with van der Waals surface area (Å²) < 4.78 is 0. The van der Waals surface area contributed by atoms with Crippen LogP contribution in [0.3, 0.4) is 0 Å². The maximum atomic E-state index is 9.93. The fraction of sp³-hybridized carbons (Fsp3) is 1.00. The Morgan fingerprint density at radius 3 is 2.62 bits per heavy atom. The number of aliphatic hydroxyl groups is 4. The first-order valence-corrected chi connectivity index (χ1v) is 4.80. The zero-order chi connectivity index (χ0) is 9.90. The third kappa shape index (κ3) is 2.20. The number of aliphatic hydroxyl groups excluding tert-OH is 3. The summed E-state index contributed by atoms with van der Waals surface area (Å²) in [5, 5.41) is 37.6. The summed E-state index contributed by atoms with van der Waals surface area (Å²) in [7, 11) is 0. The first-order chi connectivity index (χ1) is 6.11. The number of rotatable bonds is 2. The summed E-state index contributed by atoms with van der Waals surface area (Å²) in [6.45, 7) is -0.506. The van der Waals surface area contributed by atoms with Crippen LogP contribution in [0.1, 0.15) is 32.1 Å². The van der Waals surface area contributed by atoms with Crippen molar-refractivity contribution in [2.45, 2.75) is 49.9 Å². The van der Waals surface area contributed by atoms with Gasteiger partial charge in [-0.3, -0.25) is 0 Å². The van der Waals surface area contributed by atoms with Crippen LogP contribution in [-0.2, 0) is 0 Å². The summed E-state index contributed by atoms with van der Waals surface area (Å²) in [6.07, 6.45) is 1.30. The molecule has 0 aromatic carbocycles. The van der Waals surface area contributed by atoms with Crippen molar-refractivity contribution in [2.24, 2.45) is 0 Å². The SMILES string of the molecule is OC[C@@H](O)[C@]1(O)CCCCCC1O. The van der Waals surface area contributed by atoms with E-state index in [0.717, 1.165) is 19.3 Å². The Bertz CT molecular complexity index is 162. The van der Waals surface area contributed by atoms with Crippen molar-refractivity contribution < 1.29 is 20.4 Å². The molecule has 0 aromatic heterocycles. The maximum absolute atomic E-state index is 9.93. The lowest BCUT2D eigenvalue weighted by Gasteiger charge is -2.35. The van der Waals surface area contributed by atoms with Crippen molar-refractivity contribution in [2.75, 3.05) is 6.61 Å². The molecule has 1 aliphatic rings. The second kappa shape index (κ2) is 4.37. The molecule has 3 atom stereocenters. The van der Waals surface area contributed by atoms with Crippen molar-refractivity contribution in [1.82, 2.24) is 0 Å². The van der Waals surface area contributed by atoms with E-state index in [2.05, 4.69) is 0 Å². The van der Waals surface area contributed by atoms with Gasteiger partial charge in [0.1, 0.15) is 11.7 Å². The van der Waals surface area contributed by atoms with Crippen LogP contribution in [0.15, 0.2) is 0 Å². The highest BCUT2D eigenvalue weighted by molar-refractivity contribution is 4.94. The fourth-order valence-corrected chi connectivity index (χ4v) is 1.89. The molecule has 1 unspecified atom stereocenters. The van der Waals surface area contributed by atoms with Crippen LogP contribution in [0, 0.1) is 0 Å². The molecular weight excluding hydrogens is 172 g/mol. The molecule has 1 fully saturated rings. The Morgan fingerprint density at radius 1 is 1.31 bits per heavy atom. The van der Waals surface area contributed by atoms with Crippen molar-refractivity contribution in [1.29, 1.82) is 0 Å². The topological polar surface area (TPSA) is 80.9 Å². The van der Waals surface area contributed by atoms with Gasteiger partial charge < -0.3 is 20.4 Å². The van der Waals surface area contributed by atoms with Crippen molar-refractivity contribution >= 4 is 0 Å². The Hall–Kier alpha value is -0.160. The molecule has 0 heterocycles. The van der Waals surface area contributed by atoms with Gasteiger partial charge in [0.2, 0.25) is 0 Å². The highest BCUT2D eigenvalue weighted by Gasteiger charge is 2.42.